The second-order valence-electron chi connectivity index (χ2n) is 4.76. The number of amides is 1. The largest absolute Gasteiger partial charge is 0.395 e. The van der Waals surface area contributed by atoms with E-state index >= 15 is 0 Å². The van der Waals surface area contributed by atoms with Gasteiger partial charge in [-0.05, 0) is 39.0 Å². The Kier molecular flexibility index (Phi) is 5.77. The fourth-order valence-electron chi connectivity index (χ4n) is 2.04. The third-order valence-corrected chi connectivity index (χ3v) is 3.23. The number of aliphatic hydroxyl groups excluding tert-OH is 1. The van der Waals surface area contributed by atoms with Gasteiger partial charge in [0.1, 0.15) is 0 Å². The predicted molar refractivity (Wildman–Crippen MR) is 63.9 cm³/mol. The lowest BCUT2D eigenvalue weighted by Crippen LogP contribution is -2.45. The average Bonchev–Trinajstić information content (AvgIpc) is 2.13. The summed E-state index contributed by atoms with van der Waals surface area (Å²) in [5.74, 6) is 0.180. The van der Waals surface area contributed by atoms with Crippen molar-refractivity contribution in [3.63, 3.8) is 0 Å². The summed E-state index contributed by atoms with van der Waals surface area (Å²) in [4.78, 5) is 13.8. The van der Waals surface area contributed by atoms with Crippen LogP contribution in [0.5, 0.6) is 0 Å². The molecule has 4 nitrogen and oxygen atoms in total. The van der Waals surface area contributed by atoms with Crippen LogP contribution in [0.25, 0.3) is 0 Å². The molecule has 0 aromatic rings. The van der Waals surface area contributed by atoms with E-state index in [9.17, 15) is 4.79 Å². The molecule has 1 unspecified atom stereocenters. The van der Waals surface area contributed by atoms with Crippen LogP contribution >= 0.6 is 0 Å². The molecular weight excluding hydrogens is 204 g/mol. The molecule has 0 aromatic heterocycles. The van der Waals surface area contributed by atoms with Gasteiger partial charge in [0.25, 0.3) is 0 Å². The Morgan fingerprint density at radius 3 is 2.69 bits per heavy atom. The van der Waals surface area contributed by atoms with Gasteiger partial charge in [-0.2, -0.15) is 0 Å². The van der Waals surface area contributed by atoms with Gasteiger partial charge in [-0.15, -0.1) is 0 Å². The van der Waals surface area contributed by atoms with Gasteiger partial charge in [-0.1, -0.05) is 0 Å². The molecule has 0 bridgehead atoms. The van der Waals surface area contributed by atoms with Crippen LogP contribution in [0.15, 0.2) is 0 Å². The monoisotopic (exact) mass is 228 g/mol. The summed E-state index contributed by atoms with van der Waals surface area (Å²) in [6.07, 6.45) is 5.71. The molecule has 1 atom stereocenters. The van der Waals surface area contributed by atoms with Gasteiger partial charge in [0.2, 0.25) is 5.91 Å². The molecule has 1 aliphatic carbocycles. The number of carbonyl (C=O) groups is 1. The maximum atomic E-state index is 11.9. The Balaban J connectivity index is 2.29. The zero-order valence-corrected chi connectivity index (χ0v) is 10.2. The van der Waals surface area contributed by atoms with Crippen LogP contribution in [0.4, 0.5) is 0 Å². The van der Waals surface area contributed by atoms with Crippen molar-refractivity contribution in [1.82, 2.24) is 4.90 Å². The lowest BCUT2D eigenvalue weighted by atomic mass is 9.91. The molecule has 0 radical (unpaired) electrons. The van der Waals surface area contributed by atoms with Gasteiger partial charge in [-0.3, -0.25) is 4.79 Å². The second-order valence-corrected chi connectivity index (χ2v) is 4.76. The number of hydrogen-bond acceptors (Lipinski definition) is 3. The van der Waals surface area contributed by atoms with E-state index in [1.165, 1.54) is 6.42 Å². The Morgan fingerprint density at radius 1 is 1.56 bits per heavy atom. The minimum atomic E-state index is 0.0650. The summed E-state index contributed by atoms with van der Waals surface area (Å²) in [5.41, 5.74) is 5.65. The predicted octanol–water partition coefficient (Wildman–Crippen LogP) is 0.877. The molecule has 3 N–H and O–H groups in total. The molecule has 0 saturated heterocycles. The summed E-state index contributed by atoms with van der Waals surface area (Å²) in [6.45, 7) is 2.51. The van der Waals surface area contributed by atoms with E-state index in [-0.39, 0.29) is 18.6 Å². The normalized spacial score (nSPS) is 17.9. The van der Waals surface area contributed by atoms with Gasteiger partial charge < -0.3 is 15.7 Å². The molecule has 1 fully saturated rings. The van der Waals surface area contributed by atoms with E-state index in [0.29, 0.717) is 19.0 Å². The first kappa shape index (κ1) is 13.5. The molecular formula is C12H24N2O2. The smallest absolute Gasteiger partial charge is 0.222 e. The van der Waals surface area contributed by atoms with E-state index < -0.39 is 0 Å². The van der Waals surface area contributed by atoms with Crippen LogP contribution < -0.4 is 5.73 Å². The van der Waals surface area contributed by atoms with Crippen molar-refractivity contribution in [3.8, 4) is 0 Å². The Morgan fingerprint density at radius 2 is 2.25 bits per heavy atom. The minimum Gasteiger partial charge on any atom is -0.395 e. The molecule has 0 aromatic carbocycles. The van der Waals surface area contributed by atoms with Crippen LogP contribution in [0, 0.1) is 0 Å². The zero-order valence-electron chi connectivity index (χ0n) is 10.2. The highest BCUT2D eigenvalue weighted by atomic mass is 16.3. The van der Waals surface area contributed by atoms with Crippen LogP contribution in [-0.4, -0.2) is 41.1 Å². The fraction of sp³-hybridized carbons (Fsp3) is 0.917. The van der Waals surface area contributed by atoms with Gasteiger partial charge in [-0.25, -0.2) is 0 Å². The lowest BCUT2D eigenvalue weighted by Gasteiger charge is -2.37. The van der Waals surface area contributed by atoms with E-state index in [0.717, 1.165) is 25.7 Å². The first-order valence-corrected chi connectivity index (χ1v) is 6.31. The van der Waals surface area contributed by atoms with E-state index in [4.69, 9.17) is 10.8 Å². The SMILES string of the molecule is CC(N)CCCC(=O)N(CCO)C1CCC1. The number of rotatable bonds is 7. The Hall–Kier alpha value is -0.610. The van der Waals surface area contributed by atoms with Crippen LogP contribution in [0.2, 0.25) is 0 Å². The quantitative estimate of drug-likeness (QED) is 0.679. The van der Waals surface area contributed by atoms with Gasteiger partial charge in [0, 0.05) is 25.0 Å². The summed E-state index contributed by atoms with van der Waals surface area (Å²) in [5, 5.41) is 8.95. The number of carbonyl (C=O) groups excluding carboxylic acids is 1. The summed E-state index contributed by atoms with van der Waals surface area (Å²) < 4.78 is 0. The molecule has 0 spiro atoms. The zero-order chi connectivity index (χ0) is 12.0. The molecule has 0 aliphatic heterocycles. The lowest BCUT2D eigenvalue weighted by molar-refractivity contribution is -0.136. The van der Waals surface area contributed by atoms with Crippen LogP contribution in [0.1, 0.15) is 45.4 Å². The first-order valence-electron chi connectivity index (χ1n) is 6.31. The third kappa shape index (κ3) is 4.10. The van der Waals surface area contributed by atoms with Crippen molar-refractivity contribution >= 4 is 5.91 Å². The average molecular weight is 228 g/mol. The fourth-order valence-corrected chi connectivity index (χ4v) is 2.04. The summed E-state index contributed by atoms with van der Waals surface area (Å²) in [6, 6.07) is 0.553. The van der Waals surface area contributed by atoms with Crippen molar-refractivity contribution in [2.24, 2.45) is 5.73 Å². The molecule has 94 valence electrons. The Bertz CT molecular complexity index is 215. The summed E-state index contributed by atoms with van der Waals surface area (Å²) >= 11 is 0. The van der Waals surface area contributed by atoms with Crippen LogP contribution in [-0.2, 0) is 4.79 Å². The van der Waals surface area contributed by atoms with Gasteiger partial charge >= 0.3 is 0 Å². The highest BCUT2D eigenvalue weighted by molar-refractivity contribution is 5.76. The van der Waals surface area contributed by atoms with Crippen molar-refractivity contribution in [2.45, 2.75) is 57.5 Å². The standard InChI is InChI=1S/C12H24N2O2/c1-10(13)4-2-7-12(16)14(8-9-15)11-5-3-6-11/h10-11,15H,2-9,13H2,1H3. The van der Waals surface area contributed by atoms with Crippen molar-refractivity contribution in [3.05, 3.63) is 0 Å². The highest BCUT2D eigenvalue weighted by Gasteiger charge is 2.27. The number of hydrogen-bond donors (Lipinski definition) is 2. The van der Waals surface area contributed by atoms with Gasteiger partial charge in [0.05, 0.1) is 6.61 Å². The van der Waals surface area contributed by atoms with E-state index in [1.807, 2.05) is 11.8 Å². The first-order chi connectivity index (χ1) is 7.65. The van der Waals surface area contributed by atoms with Crippen molar-refractivity contribution in [2.75, 3.05) is 13.2 Å². The van der Waals surface area contributed by atoms with Crippen molar-refractivity contribution in [1.29, 1.82) is 0 Å². The topological polar surface area (TPSA) is 66.6 Å². The molecule has 4 heteroatoms. The van der Waals surface area contributed by atoms with Crippen molar-refractivity contribution < 1.29 is 9.90 Å². The molecule has 1 aliphatic rings. The number of nitrogens with zero attached hydrogens (tertiary/aromatic N) is 1. The van der Waals surface area contributed by atoms with Gasteiger partial charge in [0.15, 0.2) is 0 Å². The third-order valence-electron chi connectivity index (χ3n) is 3.23. The van der Waals surface area contributed by atoms with E-state index in [1.54, 1.807) is 0 Å². The highest BCUT2D eigenvalue weighted by Crippen LogP contribution is 2.25. The molecule has 0 heterocycles. The molecule has 1 amide bonds. The molecule has 1 rings (SSSR count). The second kappa shape index (κ2) is 6.86. The van der Waals surface area contributed by atoms with E-state index in [2.05, 4.69) is 0 Å². The minimum absolute atomic E-state index is 0.0650. The molecule has 16 heavy (non-hydrogen) atoms. The number of nitrogens with two attached hydrogens (primary N) is 1. The maximum Gasteiger partial charge on any atom is 0.222 e. The van der Waals surface area contributed by atoms with Crippen LogP contribution in [0.3, 0.4) is 0 Å². The number of aliphatic hydroxyl groups is 1. The summed E-state index contributed by atoms with van der Waals surface area (Å²) in [7, 11) is 0. The molecule has 1 saturated carbocycles. The Labute approximate surface area is 97.8 Å². The maximum absolute atomic E-state index is 11.9.